The van der Waals surface area contributed by atoms with E-state index in [0.29, 0.717) is 17.7 Å². The van der Waals surface area contributed by atoms with Gasteiger partial charge in [0.05, 0.1) is 0 Å². The molecule has 0 saturated carbocycles. The lowest BCUT2D eigenvalue weighted by molar-refractivity contribution is -0.139. The Bertz CT molecular complexity index is 630. The van der Waals surface area contributed by atoms with E-state index in [0.717, 1.165) is 11.3 Å². The first-order chi connectivity index (χ1) is 9.74. The quantitative estimate of drug-likeness (QED) is 0.621. The van der Waals surface area contributed by atoms with Gasteiger partial charge in [0.2, 0.25) is 0 Å². The van der Waals surface area contributed by atoms with Crippen LogP contribution in [0.3, 0.4) is 0 Å². The molecule has 2 aromatic carbocycles. The highest BCUT2D eigenvalue weighted by Crippen LogP contribution is 2.38. The van der Waals surface area contributed by atoms with E-state index in [4.69, 9.17) is 9.47 Å². The molecular formula is C17H14O3. The molecule has 1 aliphatic heterocycles. The third kappa shape index (κ3) is 2.43. The van der Waals surface area contributed by atoms with E-state index in [2.05, 4.69) is 6.58 Å². The van der Waals surface area contributed by atoms with Gasteiger partial charge in [0.1, 0.15) is 17.6 Å². The maximum atomic E-state index is 11.5. The topological polar surface area (TPSA) is 35.5 Å². The minimum absolute atomic E-state index is 0.310. The van der Waals surface area contributed by atoms with Gasteiger partial charge in [-0.25, -0.2) is 4.79 Å². The molecule has 1 heterocycles. The zero-order valence-electron chi connectivity index (χ0n) is 10.9. The first-order valence-electron chi connectivity index (χ1n) is 6.44. The maximum Gasteiger partial charge on any atom is 0.334 e. The molecule has 3 nitrogen and oxygen atoms in total. The van der Waals surface area contributed by atoms with Crippen LogP contribution in [0.15, 0.2) is 66.7 Å². The zero-order chi connectivity index (χ0) is 13.9. The molecule has 0 aliphatic carbocycles. The van der Waals surface area contributed by atoms with Crippen LogP contribution >= 0.6 is 0 Å². The van der Waals surface area contributed by atoms with Crippen LogP contribution in [0, 0.1) is 0 Å². The number of esters is 1. The summed E-state index contributed by atoms with van der Waals surface area (Å²) in [6.07, 6.45) is 0.198. The highest BCUT2D eigenvalue weighted by Gasteiger charge is 2.30. The van der Waals surface area contributed by atoms with E-state index in [1.807, 2.05) is 54.6 Å². The number of rotatable bonds is 3. The van der Waals surface area contributed by atoms with Gasteiger partial charge in [-0.3, -0.25) is 0 Å². The summed E-state index contributed by atoms with van der Waals surface area (Å²) in [5, 5.41) is 0. The SMILES string of the molecule is C=C1CC(c2ccccc2Oc2ccccc2)OC1=O. The molecule has 1 unspecified atom stereocenters. The van der Waals surface area contributed by atoms with E-state index in [1.54, 1.807) is 0 Å². The summed E-state index contributed by atoms with van der Waals surface area (Å²) in [5.41, 5.74) is 1.37. The van der Waals surface area contributed by atoms with Crippen LogP contribution in [0.5, 0.6) is 11.5 Å². The number of carbonyl (C=O) groups excluding carboxylic acids is 1. The fourth-order valence-electron chi connectivity index (χ4n) is 2.19. The lowest BCUT2D eigenvalue weighted by Crippen LogP contribution is -2.01. The summed E-state index contributed by atoms with van der Waals surface area (Å²) < 4.78 is 11.2. The minimum atomic E-state index is -0.329. The largest absolute Gasteiger partial charge is 0.457 e. The second-order valence-corrected chi connectivity index (χ2v) is 4.65. The van der Waals surface area contributed by atoms with Crippen LogP contribution < -0.4 is 4.74 Å². The second-order valence-electron chi connectivity index (χ2n) is 4.65. The molecule has 1 atom stereocenters. The Hall–Kier alpha value is -2.55. The van der Waals surface area contributed by atoms with Crippen LogP contribution in [-0.4, -0.2) is 5.97 Å². The summed E-state index contributed by atoms with van der Waals surface area (Å²) in [5.74, 6) is 1.12. The van der Waals surface area contributed by atoms with Gasteiger partial charge in [-0.05, 0) is 18.2 Å². The number of para-hydroxylation sites is 2. The predicted octanol–water partition coefficient (Wildman–Crippen LogP) is 4.02. The van der Waals surface area contributed by atoms with E-state index < -0.39 is 0 Å². The van der Waals surface area contributed by atoms with E-state index >= 15 is 0 Å². The molecule has 0 N–H and O–H groups in total. The standard InChI is InChI=1S/C17H14O3/c1-12-11-16(20-17(12)18)14-9-5-6-10-15(14)19-13-7-3-2-4-8-13/h2-10,16H,1,11H2. The van der Waals surface area contributed by atoms with Crippen molar-refractivity contribution in [3.63, 3.8) is 0 Å². The van der Waals surface area contributed by atoms with Crippen molar-refractivity contribution in [2.24, 2.45) is 0 Å². The number of carbonyl (C=O) groups is 1. The second kappa shape index (κ2) is 5.21. The lowest BCUT2D eigenvalue weighted by Gasteiger charge is -2.15. The molecule has 2 aromatic rings. The molecule has 0 spiro atoms. The van der Waals surface area contributed by atoms with Gasteiger partial charge < -0.3 is 9.47 Å². The molecule has 20 heavy (non-hydrogen) atoms. The van der Waals surface area contributed by atoms with Crippen molar-refractivity contribution in [2.75, 3.05) is 0 Å². The van der Waals surface area contributed by atoms with Crippen LogP contribution in [0.1, 0.15) is 18.1 Å². The number of benzene rings is 2. The molecule has 1 saturated heterocycles. The van der Waals surface area contributed by atoms with Gasteiger partial charge in [0.25, 0.3) is 0 Å². The van der Waals surface area contributed by atoms with Gasteiger partial charge in [0.15, 0.2) is 0 Å². The number of hydrogen-bond donors (Lipinski definition) is 0. The van der Waals surface area contributed by atoms with Gasteiger partial charge in [-0.1, -0.05) is 43.0 Å². The molecule has 1 aliphatic rings. The fourth-order valence-corrected chi connectivity index (χ4v) is 2.19. The Kier molecular flexibility index (Phi) is 3.25. The Morgan fingerprint density at radius 2 is 1.75 bits per heavy atom. The van der Waals surface area contributed by atoms with Crippen LogP contribution in [0.25, 0.3) is 0 Å². The molecule has 0 amide bonds. The van der Waals surface area contributed by atoms with Crippen molar-refractivity contribution >= 4 is 5.97 Å². The third-order valence-electron chi connectivity index (χ3n) is 3.21. The Morgan fingerprint density at radius 3 is 2.45 bits per heavy atom. The average molecular weight is 266 g/mol. The van der Waals surface area contributed by atoms with Crippen molar-refractivity contribution in [3.8, 4) is 11.5 Å². The summed E-state index contributed by atoms with van der Waals surface area (Å²) in [6, 6.07) is 17.1. The average Bonchev–Trinajstić information content (AvgIpc) is 2.80. The normalized spacial score (nSPS) is 17.9. The van der Waals surface area contributed by atoms with Crippen molar-refractivity contribution in [2.45, 2.75) is 12.5 Å². The summed E-state index contributed by atoms with van der Waals surface area (Å²) in [4.78, 5) is 11.5. The molecule has 0 aromatic heterocycles. The fraction of sp³-hybridized carbons (Fsp3) is 0.118. The number of ether oxygens (including phenoxy) is 2. The van der Waals surface area contributed by atoms with Gasteiger partial charge in [-0.2, -0.15) is 0 Å². The highest BCUT2D eigenvalue weighted by atomic mass is 16.6. The predicted molar refractivity (Wildman–Crippen MR) is 75.5 cm³/mol. The van der Waals surface area contributed by atoms with Gasteiger partial charge >= 0.3 is 5.97 Å². The smallest absolute Gasteiger partial charge is 0.334 e. The first kappa shape index (κ1) is 12.5. The molecule has 100 valence electrons. The van der Waals surface area contributed by atoms with Crippen molar-refractivity contribution < 1.29 is 14.3 Å². The zero-order valence-corrected chi connectivity index (χ0v) is 10.9. The Labute approximate surface area is 117 Å². The number of cyclic esters (lactones) is 1. The molecule has 3 heteroatoms. The van der Waals surface area contributed by atoms with Gasteiger partial charge in [-0.15, -0.1) is 0 Å². The highest BCUT2D eigenvalue weighted by molar-refractivity contribution is 5.90. The summed E-state index contributed by atoms with van der Waals surface area (Å²) >= 11 is 0. The molecule has 0 radical (unpaired) electrons. The van der Waals surface area contributed by atoms with E-state index in [1.165, 1.54) is 0 Å². The Balaban J connectivity index is 1.89. The van der Waals surface area contributed by atoms with Crippen LogP contribution in [0.2, 0.25) is 0 Å². The van der Waals surface area contributed by atoms with Crippen LogP contribution in [0.4, 0.5) is 0 Å². The summed E-state index contributed by atoms with van der Waals surface area (Å²) in [7, 11) is 0. The molecule has 1 fully saturated rings. The molecular weight excluding hydrogens is 252 g/mol. The Morgan fingerprint density at radius 1 is 1.05 bits per heavy atom. The van der Waals surface area contributed by atoms with Crippen molar-refractivity contribution in [1.29, 1.82) is 0 Å². The van der Waals surface area contributed by atoms with Gasteiger partial charge in [0, 0.05) is 17.6 Å². The van der Waals surface area contributed by atoms with E-state index in [9.17, 15) is 4.79 Å². The van der Waals surface area contributed by atoms with Crippen LogP contribution in [-0.2, 0) is 9.53 Å². The van der Waals surface area contributed by atoms with E-state index in [-0.39, 0.29) is 12.1 Å². The lowest BCUT2D eigenvalue weighted by atomic mass is 10.0. The maximum absolute atomic E-state index is 11.5. The molecule has 0 bridgehead atoms. The monoisotopic (exact) mass is 266 g/mol. The van der Waals surface area contributed by atoms with Crippen molar-refractivity contribution in [1.82, 2.24) is 0 Å². The van der Waals surface area contributed by atoms with Crippen molar-refractivity contribution in [3.05, 3.63) is 72.3 Å². The molecule has 3 rings (SSSR count). The first-order valence-corrected chi connectivity index (χ1v) is 6.44. The number of hydrogen-bond acceptors (Lipinski definition) is 3. The minimum Gasteiger partial charge on any atom is -0.457 e. The third-order valence-corrected chi connectivity index (χ3v) is 3.21. The summed E-state index contributed by atoms with van der Waals surface area (Å²) in [6.45, 7) is 3.71.